The van der Waals surface area contributed by atoms with Crippen LogP contribution in [0.25, 0.3) is 0 Å². The smallest absolute Gasteiger partial charge is 0.330 e. The highest BCUT2D eigenvalue weighted by atomic mass is 16.5. The topological polar surface area (TPSA) is 46.5 Å². The Balaban J connectivity index is 2.38. The van der Waals surface area contributed by atoms with Gasteiger partial charge in [0, 0.05) is 17.9 Å². The first-order chi connectivity index (χ1) is 11.9. The molecule has 0 aliphatic heterocycles. The molecule has 138 valence electrons. The van der Waals surface area contributed by atoms with Crippen LogP contribution < -0.4 is 0 Å². The fourth-order valence-corrected chi connectivity index (χ4v) is 4.72. The molecule has 0 amide bonds. The fourth-order valence-electron chi connectivity index (χ4n) is 4.72. The molecule has 3 heteroatoms. The molecule has 0 bridgehead atoms. The molecule has 0 unspecified atom stereocenters. The number of hydrogen-bond acceptors (Lipinski definition) is 3. The van der Waals surface area contributed by atoms with Crippen LogP contribution in [0.15, 0.2) is 47.6 Å². The molecule has 6 atom stereocenters. The third kappa shape index (κ3) is 4.33. The molecular weight excluding hydrogens is 312 g/mol. The third-order valence-corrected chi connectivity index (χ3v) is 6.06. The normalized spacial score (nSPS) is 36.4. The van der Waals surface area contributed by atoms with E-state index >= 15 is 0 Å². The highest BCUT2D eigenvalue weighted by molar-refractivity contribution is 5.82. The van der Waals surface area contributed by atoms with Crippen LogP contribution in [0.2, 0.25) is 0 Å². The van der Waals surface area contributed by atoms with E-state index in [1.54, 1.807) is 6.08 Å². The van der Waals surface area contributed by atoms with E-state index in [2.05, 4.69) is 50.7 Å². The number of aliphatic hydroxyl groups excluding tert-OH is 1. The zero-order valence-electron chi connectivity index (χ0n) is 16.1. The molecular formula is C22H32O3. The predicted molar refractivity (Wildman–Crippen MR) is 102 cm³/mol. The van der Waals surface area contributed by atoms with Crippen LogP contribution in [0.4, 0.5) is 0 Å². The molecule has 2 rings (SSSR count). The van der Waals surface area contributed by atoms with Crippen molar-refractivity contribution in [3.05, 3.63) is 47.6 Å². The molecule has 0 aromatic heterocycles. The number of esters is 1. The minimum absolute atomic E-state index is 0.226. The summed E-state index contributed by atoms with van der Waals surface area (Å²) in [5.41, 5.74) is 2.71. The molecule has 0 spiro atoms. The second kappa shape index (κ2) is 8.66. The van der Waals surface area contributed by atoms with Gasteiger partial charge in [0.15, 0.2) is 0 Å². The van der Waals surface area contributed by atoms with Crippen molar-refractivity contribution in [2.45, 2.75) is 46.6 Å². The van der Waals surface area contributed by atoms with Crippen LogP contribution in [0.3, 0.4) is 0 Å². The summed E-state index contributed by atoms with van der Waals surface area (Å²) in [6, 6.07) is 0. The van der Waals surface area contributed by atoms with E-state index in [0.717, 1.165) is 12.8 Å². The summed E-state index contributed by atoms with van der Waals surface area (Å²) in [6.45, 7) is 8.78. The van der Waals surface area contributed by atoms with Crippen molar-refractivity contribution in [3.8, 4) is 0 Å². The van der Waals surface area contributed by atoms with Gasteiger partial charge in [0.25, 0.3) is 0 Å². The lowest BCUT2D eigenvalue weighted by Crippen LogP contribution is -2.45. The van der Waals surface area contributed by atoms with Gasteiger partial charge in [0.05, 0.1) is 13.2 Å². The van der Waals surface area contributed by atoms with E-state index < -0.39 is 0 Å². The van der Waals surface area contributed by atoms with Gasteiger partial charge < -0.3 is 9.84 Å². The summed E-state index contributed by atoms with van der Waals surface area (Å²) >= 11 is 0. The summed E-state index contributed by atoms with van der Waals surface area (Å²) in [4.78, 5) is 11.3. The van der Waals surface area contributed by atoms with Crippen molar-refractivity contribution >= 4 is 5.97 Å². The van der Waals surface area contributed by atoms with E-state index in [4.69, 9.17) is 0 Å². The average molecular weight is 344 g/mol. The Morgan fingerprint density at radius 3 is 2.68 bits per heavy atom. The molecule has 0 aromatic carbocycles. The largest absolute Gasteiger partial charge is 0.466 e. The molecule has 1 fully saturated rings. The number of allylic oxidation sites excluding steroid dienone is 6. The van der Waals surface area contributed by atoms with Gasteiger partial charge in [-0.25, -0.2) is 4.79 Å². The number of aliphatic hydroxyl groups is 1. The number of carbonyl (C=O) groups excluding carboxylic acids is 1. The lowest BCUT2D eigenvalue weighted by atomic mass is 9.57. The van der Waals surface area contributed by atoms with Crippen molar-refractivity contribution in [2.24, 2.45) is 29.6 Å². The van der Waals surface area contributed by atoms with Crippen LogP contribution in [0, 0.1) is 29.6 Å². The molecule has 25 heavy (non-hydrogen) atoms. The van der Waals surface area contributed by atoms with Gasteiger partial charge in [-0.05, 0) is 51.4 Å². The first-order valence-electron chi connectivity index (χ1n) is 9.32. The van der Waals surface area contributed by atoms with Crippen LogP contribution >= 0.6 is 0 Å². The Morgan fingerprint density at radius 1 is 1.32 bits per heavy atom. The zero-order valence-corrected chi connectivity index (χ0v) is 16.1. The predicted octanol–water partition coefficient (Wildman–Crippen LogP) is 4.45. The molecule has 1 N–H and O–H groups in total. The Kier molecular flexibility index (Phi) is 6.83. The lowest BCUT2D eigenvalue weighted by molar-refractivity contribution is -0.134. The number of hydrogen-bond donors (Lipinski definition) is 1. The van der Waals surface area contributed by atoms with E-state index in [1.165, 1.54) is 24.3 Å². The third-order valence-electron chi connectivity index (χ3n) is 6.06. The van der Waals surface area contributed by atoms with Gasteiger partial charge in [-0.2, -0.15) is 0 Å². The van der Waals surface area contributed by atoms with Crippen molar-refractivity contribution in [3.63, 3.8) is 0 Å². The van der Waals surface area contributed by atoms with Crippen molar-refractivity contribution in [1.82, 2.24) is 0 Å². The minimum Gasteiger partial charge on any atom is -0.466 e. The molecule has 0 heterocycles. The summed E-state index contributed by atoms with van der Waals surface area (Å²) in [7, 11) is 1.38. The molecule has 3 nitrogen and oxygen atoms in total. The van der Waals surface area contributed by atoms with Crippen LogP contribution in [0.1, 0.15) is 40.5 Å². The number of fused-ring (bicyclic) bond motifs is 1. The highest BCUT2D eigenvalue weighted by Gasteiger charge is 2.45. The second-order valence-electron chi connectivity index (χ2n) is 7.54. The van der Waals surface area contributed by atoms with Gasteiger partial charge in [-0.1, -0.05) is 48.5 Å². The Hall–Kier alpha value is -1.61. The van der Waals surface area contributed by atoms with E-state index in [-0.39, 0.29) is 18.0 Å². The quantitative estimate of drug-likeness (QED) is 0.355. The molecule has 2 aliphatic rings. The minimum atomic E-state index is -0.343. The molecule has 0 aromatic rings. The lowest BCUT2D eigenvalue weighted by Gasteiger charge is -2.48. The molecule has 0 radical (unpaired) electrons. The maximum absolute atomic E-state index is 11.3. The van der Waals surface area contributed by atoms with Crippen molar-refractivity contribution < 1.29 is 14.6 Å². The van der Waals surface area contributed by atoms with Crippen LogP contribution in [-0.4, -0.2) is 24.3 Å². The van der Waals surface area contributed by atoms with Crippen molar-refractivity contribution in [2.75, 3.05) is 7.11 Å². The summed E-state index contributed by atoms with van der Waals surface area (Å²) in [5.74, 6) is 1.58. The number of ether oxygens (including phenoxy) is 1. The van der Waals surface area contributed by atoms with E-state index in [0.29, 0.717) is 23.7 Å². The fraction of sp³-hybridized carbons (Fsp3) is 0.591. The number of methoxy groups -OCH3 is 1. The number of carbonyl (C=O) groups is 1. The maximum Gasteiger partial charge on any atom is 0.330 e. The molecule has 2 aliphatic carbocycles. The standard InChI is InChI=1S/C22H32O3/c1-6-14(2)21-16(4)13-18-19(23)12-11-15(3)22(18)17(21)9-7-8-10-20(24)25-5/h6-10,13,15,17-19,21-23H,11-12H2,1-5H3/b9-7+,10-8+,14-6-/t15-,17+,18-,19-,21+,22-/m0/s1. The van der Waals surface area contributed by atoms with Crippen LogP contribution in [-0.2, 0) is 9.53 Å². The average Bonchev–Trinajstić information content (AvgIpc) is 2.60. The van der Waals surface area contributed by atoms with E-state index in [9.17, 15) is 9.90 Å². The summed E-state index contributed by atoms with van der Waals surface area (Å²) in [5, 5.41) is 10.6. The Labute approximate surface area is 152 Å². The van der Waals surface area contributed by atoms with Crippen molar-refractivity contribution in [1.29, 1.82) is 0 Å². The Morgan fingerprint density at radius 2 is 2.04 bits per heavy atom. The monoisotopic (exact) mass is 344 g/mol. The van der Waals surface area contributed by atoms with Gasteiger partial charge in [-0.15, -0.1) is 0 Å². The maximum atomic E-state index is 11.3. The highest BCUT2D eigenvalue weighted by Crippen LogP contribution is 2.50. The van der Waals surface area contributed by atoms with Gasteiger partial charge in [0.2, 0.25) is 0 Å². The van der Waals surface area contributed by atoms with Gasteiger partial charge in [-0.3, -0.25) is 0 Å². The SMILES string of the molecule is C/C=C(/C)[C@@H]1C(C)=C[C@@H]2[C@H]([C@@H]1/C=C/C=C/C(=O)OC)[C@@H](C)CC[C@@H]2O. The zero-order chi connectivity index (χ0) is 18.6. The first-order valence-corrected chi connectivity index (χ1v) is 9.32. The Bertz CT molecular complexity index is 596. The molecule has 1 saturated carbocycles. The summed E-state index contributed by atoms with van der Waals surface area (Å²) in [6.07, 6.45) is 13.6. The van der Waals surface area contributed by atoms with Gasteiger partial charge >= 0.3 is 5.97 Å². The summed E-state index contributed by atoms with van der Waals surface area (Å²) < 4.78 is 4.64. The van der Waals surface area contributed by atoms with E-state index in [1.807, 2.05) is 6.08 Å². The van der Waals surface area contributed by atoms with Gasteiger partial charge in [0.1, 0.15) is 0 Å². The number of rotatable bonds is 4. The van der Waals surface area contributed by atoms with Crippen LogP contribution in [0.5, 0.6) is 0 Å². The first kappa shape index (κ1) is 19.7. The molecule has 0 saturated heterocycles. The second-order valence-corrected chi connectivity index (χ2v) is 7.54.